The van der Waals surface area contributed by atoms with Gasteiger partial charge in [0.15, 0.2) is 0 Å². The molecule has 3 aromatic heterocycles. The molecule has 2 N–H and O–H groups in total. The normalized spacial score (nSPS) is 19.9. The Hall–Kier alpha value is -3.40. The van der Waals surface area contributed by atoms with Crippen LogP contribution in [0.1, 0.15) is 24.5 Å². The number of piperazine rings is 1. The first-order valence-electron chi connectivity index (χ1n) is 11.5. The SMILES string of the molecule is CCc1cc2ncc(CN3CCN(c4ccc(NC(=O)C5CC5(F)F)nc4)CC3)cc2[nH]c1=O. The second kappa shape index (κ2) is 8.75. The molecule has 1 aliphatic heterocycles. The second-order valence-corrected chi connectivity index (χ2v) is 8.93. The predicted molar refractivity (Wildman–Crippen MR) is 125 cm³/mol. The molecule has 0 radical (unpaired) electrons. The van der Waals surface area contributed by atoms with Crippen LogP contribution in [-0.2, 0) is 17.8 Å². The van der Waals surface area contributed by atoms with E-state index in [0.29, 0.717) is 6.42 Å². The van der Waals surface area contributed by atoms with Crippen molar-refractivity contribution in [3.05, 3.63) is 58.1 Å². The smallest absolute Gasteiger partial charge is 0.260 e. The number of pyridine rings is 3. The number of hydrogen-bond acceptors (Lipinski definition) is 6. The summed E-state index contributed by atoms with van der Waals surface area (Å²) < 4.78 is 26.1. The van der Waals surface area contributed by atoms with Crippen LogP contribution in [-0.4, -0.2) is 57.9 Å². The minimum Gasteiger partial charge on any atom is -0.368 e. The van der Waals surface area contributed by atoms with E-state index in [1.807, 2.05) is 31.3 Å². The lowest BCUT2D eigenvalue weighted by Crippen LogP contribution is -2.46. The fraction of sp³-hybridized carbons (Fsp3) is 0.417. The Morgan fingerprint density at radius 2 is 1.94 bits per heavy atom. The molecule has 10 heteroatoms. The number of nitrogens with zero attached hydrogens (tertiary/aromatic N) is 4. The van der Waals surface area contributed by atoms with Crippen LogP contribution in [0.25, 0.3) is 11.0 Å². The number of fused-ring (bicyclic) bond motifs is 1. The van der Waals surface area contributed by atoms with Crippen LogP contribution < -0.4 is 15.8 Å². The molecule has 1 atom stereocenters. The summed E-state index contributed by atoms with van der Waals surface area (Å²) in [5.41, 5.74) is 4.19. The Labute approximate surface area is 195 Å². The van der Waals surface area contributed by atoms with Crippen molar-refractivity contribution >= 4 is 28.4 Å². The number of nitrogens with one attached hydrogen (secondary N) is 2. The van der Waals surface area contributed by atoms with Crippen LogP contribution >= 0.6 is 0 Å². The fourth-order valence-corrected chi connectivity index (χ4v) is 4.30. The largest absolute Gasteiger partial charge is 0.368 e. The third-order valence-electron chi connectivity index (χ3n) is 6.49. The molecule has 2 aliphatic rings. The van der Waals surface area contributed by atoms with Gasteiger partial charge in [0.2, 0.25) is 5.91 Å². The molecule has 3 aromatic rings. The Morgan fingerprint density at radius 3 is 2.59 bits per heavy atom. The number of anilines is 2. The van der Waals surface area contributed by atoms with Gasteiger partial charge in [0, 0.05) is 50.9 Å². The van der Waals surface area contributed by atoms with Gasteiger partial charge in [0.25, 0.3) is 11.5 Å². The topological polar surface area (TPSA) is 94.2 Å². The van der Waals surface area contributed by atoms with Crippen molar-refractivity contribution in [3.63, 3.8) is 0 Å². The summed E-state index contributed by atoms with van der Waals surface area (Å²) in [7, 11) is 0. The predicted octanol–water partition coefficient (Wildman–Crippen LogP) is 2.80. The molecular weight excluding hydrogens is 442 g/mol. The molecule has 1 saturated heterocycles. The van der Waals surface area contributed by atoms with Crippen LogP contribution in [0.2, 0.25) is 0 Å². The van der Waals surface area contributed by atoms with Gasteiger partial charge in [-0.2, -0.15) is 0 Å². The van der Waals surface area contributed by atoms with Crippen LogP contribution in [0.4, 0.5) is 20.3 Å². The Kier molecular flexibility index (Phi) is 5.76. The molecule has 1 amide bonds. The maximum absolute atomic E-state index is 13.0. The van der Waals surface area contributed by atoms with Gasteiger partial charge in [-0.1, -0.05) is 6.92 Å². The fourth-order valence-electron chi connectivity index (χ4n) is 4.30. The molecule has 0 bridgehead atoms. The molecule has 4 heterocycles. The summed E-state index contributed by atoms with van der Waals surface area (Å²) in [6.07, 6.45) is 3.80. The number of aromatic amines is 1. The molecular formula is C24H26F2N6O2. The number of hydrogen-bond donors (Lipinski definition) is 2. The van der Waals surface area contributed by atoms with Crippen LogP contribution in [0.15, 0.2) is 41.5 Å². The van der Waals surface area contributed by atoms with Gasteiger partial charge in [-0.3, -0.25) is 19.5 Å². The third-order valence-corrected chi connectivity index (χ3v) is 6.49. The lowest BCUT2D eigenvalue weighted by atomic mass is 10.1. The number of aromatic nitrogens is 3. The zero-order chi connectivity index (χ0) is 23.9. The van der Waals surface area contributed by atoms with Gasteiger partial charge in [-0.25, -0.2) is 13.8 Å². The van der Waals surface area contributed by atoms with Crippen molar-refractivity contribution in [2.75, 3.05) is 36.4 Å². The number of amides is 1. The van der Waals surface area contributed by atoms with E-state index < -0.39 is 24.2 Å². The number of carbonyl (C=O) groups excluding carboxylic acids is 1. The number of aryl methyl sites for hydroxylation is 1. The number of carbonyl (C=O) groups is 1. The monoisotopic (exact) mass is 468 g/mol. The molecule has 5 rings (SSSR count). The molecule has 0 aromatic carbocycles. The first-order chi connectivity index (χ1) is 16.3. The molecule has 1 unspecified atom stereocenters. The molecule has 34 heavy (non-hydrogen) atoms. The van der Waals surface area contributed by atoms with Gasteiger partial charge in [-0.15, -0.1) is 0 Å². The molecule has 1 aliphatic carbocycles. The van der Waals surface area contributed by atoms with E-state index in [9.17, 15) is 18.4 Å². The quantitative estimate of drug-likeness (QED) is 0.578. The molecule has 178 valence electrons. The highest BCUT2D eigenvalue weighted by Gasteiger charge is 2.61. The van der Waals surface area contributed by atoms with Gasteiger partial charge in [-0.05, 0) is 36.2 Å². The third kappa shape index (κ3) is 4.63. The van der Waals surface area contributed by atoms with Gasteiger partial charge >= 0.3 is 0 Å². The summed E-state index contributed by atoms with van der Waals surface area (Å²) in [4.78, 5) is 40.1. The Balaban J connectivity index is 1.16. The summed E-state index contributed by atoms with van der Waals surface area (Å²) in [5, 5.41) is 2.46. The van der Waals surface area contributed by atoms with Crippen molar-refractivity contribution in [2.24, 2.45) is 5.92 Å². The minimum absolute atomic E-state index is 0.0627. The van der Waals surface area contributed by atoms with Gasteiger partial charge < -0.3 is 15.2 Å². The zero-order valence-corrected chi connectivity index (χ0v) is 18.9. The van der Waals surface area contributed by atoms with E-state index in [0.717, 1.165) is 60.6 Å². The first kappa shape index (κ1) is 22.4. The van der Waals surface area contributed by atoms with Crippen molar-refractivity contribution in [3.8, 4) is 0 Å². The summed E-state index contributed by atoms with van der Waals surface area (Å²) in [6.45, 7) is 5.99. The van der Waals surface area contributed by atoms with E-state index in [4.69, 9.17) is 0 Å². The highest BCUT2D eigenvalue weighted by molar-refractivity contribution is 5.94. The van der Waals surface area contributed by atoms with E-state index in [1.54, 1.807) is 12.3 Å². The lowest BCUT2D eigenvalue weighted by Gasteiger charge is -2.36. The summed E-state index contributed by atoms with van der Waals surface area (Å²) >= 11 is 0. The number of halogens is 2. The second-order valence-electron chi connectivity index (χ2n) is 8.93. The average molecular weight is 469 g/mol. The maximum Gasteiger partial charge on any atom is 0.260 e. The van der Waals surface area contributed by atoms with Gasteiger partial charge in [0.1, 0.15) is 11.7 Å². The van der Waals surface area contributed by atoms with Crippen molar-refractivity contribution in [2.45, 2.75) is 32.2 Å². The van der Waals surface area contributed by atoms with E-state index in [-0.39, 0.29) is 11.4 Å². The number of alkyl halides is 2. The van der Waals surface area contributed by atoms with Crippen LogP contribution in [0, 0.1) is 5.92 Å². The standard InChI is InChI=1S/C24H26F2N6O2/c1-2-16-10-19-20(29-22(16)33)9-15(12-27-19)14-31-5-7-32(8-6-31)17-3-4-21(28-13-17)30-23(34)18-11-24(18,25)26/h3-4,9-10,12-13,18H,2,5-8,11,14H2,1H3,(H,29,33)(H,28,30,34). The highest BCUT2D eigenvalue weighted by atomic mass is 19.3. The van der Waals surface area contributed by atoms with Crippen molar-refractivity contribution < 1.29 is 13.6 Å². The van der Waals surface area contributed by atoms with Crippen LogP contribution in [0.3, 0.4) is 0 Å². The van der Waals surface area contributed by atoms with Gasteiger partial charge in [0.05, 0.1) is 22.9 Å². The van der Waals surface area contributed by atoms with E-state index in [2.05, 4.69) is 30.1 Å². The van der Waals surface area contributed by atoms with Crippen LogP contribution in [0.5, 0.6) is 0 Å². The Morgan fingerprint density at radius 1 is 1.18 bits per heavy atom. The highest BCUT2D eigenvalue weighted by Crippen LogP contribution is 2.49. The van der Waals surface area contributed by atoms with E-state index in [1.165, 1.54) is 0 Å². The first-order valence-corrected chi connectivity index (χ1v) is 11.5. The Bertz CT molecular complexity index is 1270. The molecule has 0 spiro atoms. The number of rotatable bonds is 6. The average Bonchev–Trinajstić information content (AvgIpc) is 3.48. The summed E-state index contributed by atoms with van der Waals surface area (Å²) in [5.74, 6) is -4.53. The minimum atomic E-state index is -2.89. The molecule has 2 fully saturated rings. The van der Waals surface area contributed by atoms with Crippen molar-refractivity contribution in [1.82, 2.24) is 19.9 Å². The molecule has 8 nitrogen and oxygen atoms in total. The van der Waals surface area contributed by atoms with E-state index >= 15 is 0 Å². The molecule has 1 saturated carbocycles. The number of H-pyrrole nitrogens is 1. The summed E-state index contributed by atoms with van der Waals surface area (Å²) in [6, 6.07) is 7.33. The maximum atomic E-state index is 13.0. The lowest BCUT2D eigenvalue weighted by molar-refractivity contribution is -0.119. The zero-order valence-electron chi connectivity index (χ0n) is 18.9. The van der Waals surface area contributed by atoms with Crippen molar-refractivity contribution in [1.29, 1.82) is 0 Å².